The quantitative estimate of drug-likeness (QED) is 0.349. The number of hydrogen-bond donors (Lipinski definition) is 0. The first-order valence-corrected chi connectivity index (χ1v) is 11.3. The maximum Gasteiger partial charge on any atom is 0.260 e. The molecule has 0 N–H and O–H groups in total. The lowest BCUT2D eigenvalue weighted by molar-refractivity contribution is 0.154. The predicted molar refractivity (Wildman–Crippen MR) is 130 cm³/mol. The number of ether oxygens (including phenoxy) is 2. The molecule has 2 heterocycles. The van der Waals surface area contributed by atoms with Crippen molar-refractivity contribution in [3.05, 3.63) is 120 Å². The van der Waals surface area contributed by atoms with E-state index in [4.69, 9.17) is 14.3 Å². The zero-order valence-electron chi connectivity index (χ0n) is 18.7. The van der Waals surface area contributed by atoms with Crippen LogP contribution in [-0.2, 0) is 24.5 Å². The number of rotatable bonds is 9. The van der Waals surface area contributed by atoms with Crippen LogP contribution in [0.15, 0.2) is 102 Å². The molecule has 1 aromatic heterocycles. The Morgan fingerprint density at radius 1 is 0.735 bits per heavy atom. The van der Waals surface area contributed by atoms with Crippen LogP contribution in [0, 0.1) is 5.92 Å². The summed E-state index contributed by atoms with van der Waals surface area (Å²) in [6.07, 6.45) is 2.13. The van der Waals surface area contributed by atoms with Crippen molar-refractivity contribution in [2.75, 3.05) is 6.61 Å². The van der Waals surface area contributed by atoms with Gasteiger partial charge >= 0.3 is 0 Å². The van der Waals surface area contributed by atoms with Crippen molar-refractivity contribution in [2.45, 2.75) is 19.6 Å². The summed E-state index contributed by atoms with van der Waals surface area (Å²) in [6, 6.07) is 30.1. The first-order chi connectivity index (χ1) is 16.9. The van der Waals surface area contributed by atoms with Crippen molar-refractivity contribution in [1.82, 2.24) is 9.97 Å². The van der Waals surface area contributed by atoms with Gasteiger partial charge in [-0.25, -0.2) is 4.98 Å². The normalized spacial score (nSPS) is 14.8. The Morgan fingerprint density at radius 2 is 1.35 bits per heavy atom. The minimum atomic E-state index is 0.0540. The molecule has 170 valence electrons. The molecule has 1 aliphatic rings. The number of aromatic nitrogens is 2. The second kappa shape index (κ2) is 10.6. The molecule has 0 radical (unpaired) electrons. The van der Waals surface area contributed by atoms with Crippen molar-refractivity contribution in [1.29, 1.82) is 0 Å². The number of oxime groups is 1. The van der Waals surface area contributed by atoms with Crippen LogP contribution in [-0.4, -0.2) is 22.3 Å². The smallest absolute Gasteiger partial charge is 0.260 e. The summed E-state index contributed by atoms with van der Waals surface area (Å²) in [6.45, 7) is 1.28. The molecule has 34 heavy (non-hydrogen) atoms. The van der Waals surface area contributed by atoms with Gasteiger partial charge in [-0.1, -0.05) is 96.2 Å². The van der Waals surface area contributed by atoms with Gasteiger partial charge in [0.15, 0.2) is 0 Å². The predicted octanol–water partition coefficient (Wildman–Crippen LogP) is 5.23. The maximum atomic E-state index is 6.26. The van der Waals surface area contributed by atoms with Gasteiger partial charge in [0.05, 0.1) is 11.4 Å². The van der Waals surface area contributed by atoms with Gasteiger partial charge in [-0.05, 0) is 16.7 Å². The largest absolute Gasteiger partial charge is 0.482 e. The zero-order chi connectivity index (χ0) is 23.0. The van der Waals surface area contributed by atoms with E-state index in [1.165, 1.54) is 6.33 Å². The summed E-state index contributed by atoms with van der Waals surface area (Å²) < 4.78 is 12.4. The molecule has 0 saturated heterocycles. The van der Waals surface area contributed by atoms with E-state index in [2.05, 4.69) is 15.1 Å². The van der Waals surface area contributed by atoms with Crippen molar-refractivity contribution in [2.24, 2.45) is 11.1 Å². The van der Waals surface area contributed by atoms with Crippen LogP contribution in [0.3, 0.4) is 0 Å². The lowest BCUT2D eigenvalue weighted by atomic mass is 9.93. The fourth-order valence-corrected chi connectivity index (χ4v) is 3.88. The first kappa shape index (κ1) is 21.6. The Hall–Kier alpha value is -4.19. The summed E-state index contributed by atoms with van der Waals surface area (Å²) in [7, 11) is 0. The van der Waals surface area contributed by atoms with Gasteiger partial charge in [-0.15, -0.1) is 0 Å². The summed E-state index contributed by atoms with van der Waals surface area (Å²) in [5.74, 6) is 1.04. The summed E-state index contributed by atoms with van der Waals surface area (Å²) in [5.41, 5.74) is 4.85. The molecule has 5 rings (SSSR count). The van der Waals surface area contributed by atoms with Crippen LogP contribution >= 0.6 is 0 Å². The highest BCUT2D eigenvalue weighted by atomic mass is 16.6. The van der Waals surface area contributed by atoms with E-state index in [1.807, 2.05) is 91.0 Å². The van der Waals surface area contributed by atoms with Crippen LogP contribution in [0.5, 0.6) is 11.6 Å². The van der Waals surface area contributed by atoms with Crippen LogP contribution in [0.2, 0.25) is 0 Å². The third-order valence-corrected chi connectivity index (χ3v) is 5.62. The van der Waals surface area contributed by atoms with Crippen molar-refractivity contribution in [3.63, 3.8) is 0 Å². The number of benzene rings is 3. The molecule has 4 aromatic rings. The van der Waals surface area contributed by atoms with E-state index in [0.717, 1.165) is 28.1 Å². The Bertz CT molecular complexity index is 1230. The molecule has 3 aromatic carbocycles. The minimum Gasteiger partial charge on any atom is -0.482 e. The zero-order valence-corrected chi connectivity index (χ0v) is 18.7. The highest BCUT2D eigenvalue weighted by Crippen LogP contribution is 2.32. The molecule has 0 aliphatic carbocycles. The Morgan fingerprint density at radius 3 is 2.03 bits per heavy atom. The number of hydrogen-bond acceptors (Lipinski definition) is 6. The van der Waals surface area contributed by atoms with E-state index >= 15 is 0 Å². The molecular formula is C28H25N3O3. The molecule has 1 unspecified atom stereocenters. The molecule has 0 bridgehead atoms. The summed E-state index contributed by atoms with van der Waals surface area (Å²) >= 11 is 0. The van der Waals surface area contributed by atoms with Gasteiger partial charge in [-0.2, -0.15) is 4.98 Å². The van der Waals surface area contributed by atoms with Crippen LogP contribution in [0.1, 0.15) is 22.4 Å². The number of nitrogens with zero attached hydrogens (tertiary/aromatic N) is 3. The standard InChI is InChI=1S/C28H25N3O3/c1-4-10-21(11-5-1)17-32-27-25(16-24-19-34-31-26(24)23-14-8-3-9-15-23)29-20-30-28(27)33-18-22-12-6-2-7-13-22/h1-15,20,24H,16-19H2. The molecule has 0 spiro atoms. The molecule has 6 heteroatoms. The molecule has 1 atom stereocenters. The molecular weight excluding hydrogens is 426 g/mol. The fourth-order valence-electron chi connectivity index (χ4n) is 3.88. The molecule has 0 fully saturated rings. The lowest BCUT2D eigenvalue weighted by Crippen LogP contribution is -2.19. The third-order valence-electron chi connectivity index (χ3n) is 5.62. The Kier molecular flexibility index (Phi) is 6.76. The average Bonchev–Trinajstić information content (AvgIpc) is 3.37. The maximum absolute atomic E-state index is 6.26. The van der Waals surface area contributed by atoms with Gasteiger partial charge in [0, 0.05) is 12.3 Å². The molecule has 1 aliphatic heterocycles. The lowest BCUT2D eigenvalue weighted by Gasteiger charge is -2.17. The SMILES string of the molecule is c1ccc(COc2ncnc(CC3CON=C3c3ccccc3)c2OCc2ccccc2)cc1. The fraction of sp³-hybridized carbons (Fsp3) is 0.179. The van der Waals surface area contributed by atoms with Crippen LogP contribution in [0.4, 0.5) is 0 Å². The van der Waals surface area contributed by atoms with Gasteiger partial charge in [-0.3, -0.25) is 0 Å². The first-order valence-electron chi connectivity index (χ1n) is 11.3. The van der Waals surface area contributed by atoms with Crippen molar-refractivity contribution >= 4 is 5.71 Å². The van der Waals surface area contributed by atoms with E-state index in [-0.39, 0.29) is 5.92 Å². The second-order valence-electron chi connectivity index (χ2n) is 8.04. The van der Waals surface area contributed by atoms with Crippen LogP contribution < -0.4 is 9.47 Å². The van der Waals surface area contributed by atoms with E-state index in [9.17, 15) is 0 Å². The van der Waals surface area contributed by atoms with Crippen molar-refractivity contribution < 1.29 is 14.3 Å². The summed E-state index contributed by atoms with van der Waals surface area (Å²) in [4.78, 5) is 14.4. The van der Waals surface area contributed by atoms with Gasteiger partial charge in [0.25, 0.3) is 5.88 Å². The third kappa shape index (κ3) is 5.23. The van der Waals surface area contributed by atoms with Crippen LogP contribution in [0.25, 0.3) is 0 Å². The van der Waals surface area contributed by atoms with E-state index in [1.54, 1.807) is 0 Å². The molecule has 6 nitrogen and oxygen atoms in total. The second-order valence-corrected chi connectivity index (χ2v) is 8.04. The minimum absolute atomic E-state index is 0.0540. The summed E-state index contributed by atoms with van der Waals surface area (Å²) in [5, 5.41) is 4.31. The highest BCUT2D eigenvalue weighted by molar-refractivity contribution is 6.02. The van der Waals surface area contributed by atoms with Gasteiger partial charge in [0.1, 0.15) is 26.1 Å². The Balaban J connectivity index is 1.40. The topological polar surface area (TPSA) is 65.8 Å². The monoisotopic (exact) mass is 451 g/mol. The highest BCUT2D eigenvalue weighted by Gasteiger charge is 2.28. The molecule has 0 amide bonds. The van der Waals surface area contributed by atoms with E-state index in [0.29, 0.717) is 37.9 Å². The van der Waals surface area contributed by atoms with Gasteiger partial charge < -0.3 is 14.3 Å². The van der Waals surface area contributed by atoms with E-state index < -0.39 is 0 Å². The molecule has 0 saturated carbocycles. The average molecular weight is 452 g/mol. The van der Waals surface area contributed by atoms with Crippen molar-refractivity contribution in [3.8, 4) is 11.6 Å². The van der Waals surface area contributed by atoms with Gasteiger partial charge in [0.2, 0.25) is 5.75 Å². The Labute approximate surface area is 198 Å².